The molecule has 148 valence electrons. The molecular weight excluding hydrogens is 393 g/mol. The van der Waals surface area contributed by atoms with Gasteiger partial charge in [-0.3, -0.25) is 9.59 Å². The van der Waals surface area contributed by atoms with Crippen molar-refractivity contribution in [1.82, 2.24) is 0 Å². The SMILES string of the molecule is O=C([O-])CC(=O)OCc1ccccc1.O=C([O-])CC(=O)OCc1ccccc1.[Mg+2]. The van der Waals surface area contributed by atoms with Gasteiger partial charge in [0.05, 0.1) is 24.8 Å². The van der Waals surface area contributed by atoms with Crippen LogP contribution < -0.4 is 10.2 Å². The number of carbonyl (C=O) groups is 4. The van der Waals surface area contributed by atoms with Crippen LogP contribution in [0.5, 0.6) is 0 Å². The number of ether oxygens (including phenoxy) is 2. The van der Waals surface area contributed by atoms with Crippen molar-refractivity contribution in [1.29, 1.82) is 0 Å². The molecule has 0 atom stereocenters. The van der Waals surface area contributed by atoms with Crippen LogP contribution in [0, 0.1) is 0 Å². The van der Waals surface area contributed by atoms with Crippen molar-refractivity contribution in [2.45, 2.75) is 26.1 Å². The Labute approximate surface area is 183 Å². The van der Waals surface area contributed by atoms with Crippen molar-refractivity contribution in [3.8, 4) is 0 Å². The first-order chi connectivity index (χ1) is 13.4. The molecular formula is C20H18MgO8. The normalized spacial score (nSPS) is 9.10. The molecule has 2 rings (SSSR count). The molecule has 0 aliphatic rings. The van der Waals surface area contributed by atoms with E-state index < -0.39 is 36.7 Å². The zero-order valence-corrected chi connectivity index (χ0v) is 17.0. The zero-order valence-electron chi connectivity index (χ0n) is 15.6. The number of rotatable bonds is 8. The summed E-state index contributed by atoms with van der Waals surface area (Å²) in [5, 5.41) is 20.0. The quantitative estimate of drug-likeness (QED) is 0.319. The van der Waals surface area contributed by atoms with Gasteiger partial charge in [-0.15, -0.1) is 0 Å². The van der Waals surface area contributed by atoms with Gasteiger partial charge in [-0.05, 0) is 11.1 Å². The van der Waals surface area contributed by atoms with Crippen molar-refractivity contribution in [2.24, 2.45) is 0 Å². The third kappa shape index (κ3) is 13.8. The fraction of sp³-hybridized carbons (Fsp3) is 0.200. The third-order valence-electron chi connectivity index (χ3n) is 3.06. The average Bonchev–Trinajstić information content (AvgIpc) is 2.66. The molecule has 0 N–H and O–H groups in total. The van der Waals surface area contributed by atoms with E-state index in [1.54, 1.807) is 24.3 Å². The van der Waals surface area contributed by atoms with Crippen molar-refractivity contribution < 1.29 is 38.9 Å². The summed E-state index contributed by atoms with van der Waals surface area (Å²) in [6.07, 6.45) is -1.40. The van der Waals surface area contributed by atoms with E-state index in [-0.39, 0.29) is 36.3 Å². The fourth-order valence-electron chi connectivity index (χ4n) is 1.81. The van der Waals surface area contributed by atoms with Gasteiger partial charge in [-0.2, -0.15) is 0 Å². The Balaban J connectivity index is 0.000000523. The monoisotopic (exact) mass is 410 g/mol. The summed E-state index contributed by atoms with van der Waals surface area (Å²) in [5.74, 6) is -4.42. The first kappa shape index (κ1) is 26.1. The van der Waals surface area contributed by atoms with E-state index in [2.05, 4.69) is 9.47 Å². The van der Waals surface area contributed by atoms with Gasteiger partial charge < -0.3 is 29.3 Å². The summed E-state index contributed by atoms with van der Waals surface area (Å²) < 4.78 is 9.36. The molecule has 0 aliphatic carbocycles. The third-order valence-corrected chi connectivity index (χ3v) is 3.06. The van der Waals surface area contributed by atoms with Crippen LogP contribution in [0.1, 0.15) is 24.0 Å². The summed E-state index contributed by atoms with van der Waals surface area (Å²) in [4.78, 5) is 41.6. The number of carbonyl (C=O) groups excluding carboxylic acids is 4. The summed E-state index contributed by atoms with van der Waals surface area (Å²) in [5.41, 5.74) is 1.64. The second-order valence-corrected chi connectivity index (χ2v) is 5.39. The molecule has 9 heteroatoms. The number of hydrogen-bond acceptors (Lipinski definition) is 8. The van der Waals surface area contributed by atoms with E-state index in [0.717, 1.165) is 11.1 Å². The van der Waals surface area contributed by atoms with E-state index in [4.69, 9.17) is 0 Å². The number of carboxylic acid groups (broad SMARTS) is 2. The van der Waals surface area contributed by atoms with Crippen LogP contribution in [-0.2, 0) is 41.9 Å². The predicted molar refractivity (Wildman–Crippen MR) is 97.5 cm³/mol. The molecule has 0 aliphatic heterocycles. The van der Waals surface area contributed by atoms with Crippen LogP contribution in [0.15, 0.2) is 60.7 Å². The van der Waals surface area contributed by atoms with E-state index in [1.807, 2.05) is 36.4 Å². The second kappa shape index (κ2) is 15.1. The zero-order chi connectivity index (χ0) is 20.8. The molecule has 2 aromatic rings. The molecule has 2 aromatic carbocycles. The minimum atomic E-state index is -1.43. The molecule has 0 heterocycles. The van der Waals surface area contributed by atoms with Gasteiger partial charge in [0.25, 0.3) is 0 Å². The van der Waals surface area contributed by atoms with Crippen molar-refractivity contribution in [2.75, 3.05) is 0 Å². The average molecular weight is 411 g/mol. The van der Waals surface area contributed by atoms with E-state index in [1.165, 1.54) is 0 Å². The van der Waals surface area contributed by atoms with Gasteiger partial charge in [0.15, 0.2) is 0 Å². The Hall–Kier alpha value is -2.91. The van der Waals surface area contributed by atoms with Crippen LogP contribution in [0.25, 0.3) is 0 Å². The Morgan fingerprint density at radius 3 is 1.21 bits per heavy atom. The number of hydrogen-bond donors (Lipinski definition) is 0. The van der Waals surface area contributed by atoms with Crippen LogP contribution in [-0.4, -0.2) is 46.9 Å². The molecule has 0 radical (unpaired) electrons. The van der Waals surface area contributed by atoms with Gasteiger partial charge in [-0.25, -0.2) is 0 Å². The van der Waals surface area contributed by atoms with E-state index in [9.17, 15) is 29.4 Å². The first-order valence-corrected chi connectivity index (χ1v) is 8.15. The van der Waals surface area contributed by atoms with Crippen molar-refractivity contribution in [3.05, 3.63) is 71.8 Å². The van der Waals surface area contributed by atoms with Crippen LogP contribution in [0.2, 0.25) is 0 Å². The molecule has 0 spiro atoms. The minimum absolute atomic E-state index is 0. The Morgan fingerprint density at radius 2 is 0.931 bits per heavy atom. The molecule has 0 aromatic heterocycles. The van der Waals surface area contributed by atoms with Gasteiger partial charge in [0.1, 0.15) is 13.2 Å². The first-order valence-electron chi connectivity index (χ1n) is 8.15. The standard InChI is InChI=1S/2C10H10O4.Mg/c2*11-9(12)6-10(13)14-7-8-4-2-1-3-5-8;/h2*1-5H,6-7H2,(H,11,12);/q;;+2/p-2. The number of benzene rings is 2. The van der Waals surface area contributed by atoms with Gasteiger partial charge in [-0.1, -0.05) is 60.7 Å². The molecule has 0 amide bonds. The molecule has 0 saturated carbocycles. The van der Waals surface area contributed by atoms with Gasteiger partial charge in [0, 0.05) is 0 Å². The maximum Gasteiger partial charge on any atom is 2.00 e. The second-order valence-electron chi connectivity index (χ2n) is 5.39. The molecule has 0 bridgehead atoms. The van der Waals surface area contributed by atoms with Crippen LogP contribution in [0.4, 0.5) is 0 Å². The maximum atomic E-state index is 10.8. The Kier molecular flexibility index (Phi) is 13.5. The van der Waals surface area contributed by atoms with E-state index in [0.29, 0.717) is 0 Å². The molecule has 0 unspecified atom stereocenters. The smallest absolute Gasteiger partial charge is 0.550 e. The summed E-state index contributed by atoms with van der Waals surface area (Å²) in [6.45, 7) is 0.180. The van der Waals surface area contributed by atoms with Crippen LogP contribution >= 0.6 is 0 Å². The molecule has 0 saturated heterocycles. The van der Waals surface area contributed by atoms with Gasteiger partial charge >= 0.3 is 35.0 Å². The van der Waals surface area contributed by atoms with Crippen LogP contribution in [0.3, 0.4) is 0 Å². The molecule has 0 fully saturated rings. The topological polar surface area (TPSA) is 133 Å². The number of esters is 2. The summed E-state index contributed by atoms with van der Waals surface area (Å²) in [7, 11) is 0. The summed E-state index contributed by atoms with van der Waals surface area (Å²) >= 11 is 0. The predicted octanol–water partition coefficient (Wildman–Crippen LogP) is -0.641. The van der Waals surface area contributed by atoms with Crippen molar-refractivity contribution in [3.63, 3.8) is 0 Å². The molecule has 29 heavy (non-hydrogen) atoms. The van der Waals surface area contributed by atoms with E-state index >= 15 is 0 Å². The Bertz CT molecular complexity index is 710. The summed E-state index contributed by atoms with van der Waals surface area (Å²) in [6, 6.07) is 18.0. The van der Waals surface area contributed by atoms with Gasteiger partial charge in [0.2, 0.25) is 0 Å². The fourth-order valence-corrected chi connectivity index (χ4v) is 1.81. The Morgan fingerprint density at radius 1 is 0.621 bits per heavy atom. The molecule has 8 nitrogen and oxygen atoms in total. The number of carboxylic acids is 2. The number of aliphatic carboxylic acids is 2. The minimum Gasteiger partial charge on any atom is -0.550 e. The maximum absolute atomic E-state index is 10.8. The van der Waals surface area contributed by atoms with Crippen molar-refractivity contribution >= 4 is 46.9 Å². The largest absolute Gasteiger partial charge is 2.00 e.